The Balaban J connectivity index is 1.74. The van der Waals surface area contributed by atoms with Gasteiger partial charge in [0.1, 0.15) is 11.9 Å². The van der Waals surface area contributed by atoms with Crippen LogP contribution in [-0.4, -0.2) is 10.8 Å². The van der Waals surface area contributed by atoms with Gasteiger partial charge in [0.25, 0.3) is 0 Å². The summed E-state index contributed by atoms with van der Waals surface area (Å²) in [5.41, 5.74) is 3.13. The zero-order valence-electron chi connectivity index (χ0n) is 13.1. The Morgan fingerprint density at radius 2 is 1.75 bits per heavy atom. The molecule has 4 heteroatoms. The summed E-state index contributed by atoms with van der Waals surface area (Å²) in [6.07, 6.45) is 0.669. The van der Waals surface area contributed by atoms with Crippen molar-refractivity contribution in [3.8, 4) is 5.75 Å². The maximum Gasteiger partial charge on any atom is 0.135 e. The number of phenols is 1. The molecule has 2 N–H and O–H groups in total. The van der Waals surface area contributed by atoms with Crippen molar-refractivity contribution in [2.24, 2.45) is 4.99 Å². The smallest absolute Gasteiger partial charge is 0.135 e. The minimum atomic E-state index is -0.0847. The Morgan fingerprint density at radius 1 is 0.958 bits per heavy atom. The zero-order valence-corrected chi connectivity index (χ0v) is 13.9. The predicted octanol–water partition coefficient (Wildman–Crippen LogP) is 4.68. The first-order valence-corrected chi connectivity index (χ1v) is 8.88. The van der Waals surface area contributed by atoms with Crippen molar-refractivity contribution >= 4 is 17.0 Å². The fourth-order valence-electron chi connectivity index (χ4n) is 3.09. The molecular formula is C20H18N2OS. The topological polar surface area (TPSA) is 44.6 Å². The van der Waals surface area contributed by atoms with Crippen LogP contribution >= 0.6 is 11.3 Å². The molecule has 24 heavy (non-hydrogen) atoms. The molecule has 0 saturated heterocycles. The lowest BCUT2D eigenvalue weighted by Crippen LogP contribution is -2.32. The molecule has 0 aliphatic carbocycles. The number of aromatic hydroxyl groups is 1. The fraction of sp³-hybridized carbons (Fsp3) is 0.150. The first-order chi connectivity index (χ1) is 11.8. The third kappa shape index (κ3) is 2.98. The number of thiophene rings is 1. The average molecular weight is 334 g/mol. The highest BCUT2D eigenvalue weighted by atomic mass is 32.1. The summed E-state index contributed by atoms with van der Waals surface area (Å²) < 4.78 is 0. The standard InChI is InChI=1S/C20H18N2OS/c23-18-10-5-4-9-15(18)17-13-16(14-7-2-1-3-8-14)21-20(22-17)19-11-6-12-24-19/h1-12,17,20,22-23H,13H2/t17-,20-/m0/s1. The van der Waals surface area contributed by atoms with E-state index in [0.29, 0.717) is 5.75 Å². The van der Waals surface area contributed by atoms with Crippen molar-refractivity contribution in [2.75, 3.05) is 0 Å². The van der Waals surface area contributed by atoms with Crippen LogP contribution in [0, 0.1) is 0 Å². The van der Waals surface area contributed by atoms with Crippen LogP contribution in [0.15, 0.2) is 77.1 Å². The quantitative estimate of drug-likeness (QED) is 0.731. The van der Waals surface area contributed by atoms with Gasteiger partial charge in [-0.3, -0.25) is 10.3 Å². The van der Waals surface area contributed by atoms with Gasteiger partial charge in [0.2, 0.25) is 0 Å². The van der Waals surface area contributed by atoms with Gasteiger partial charge >= 0.3 is 0 Å². The van der Waals surface area contributed by atoms with Gasteiger partial charge in [-0.05, 0) is 23.1 Å². The number of nitrogens with zero attached hydrogens (tertiary/aromatic N) is 1. The monoisotopic (exact) mass is 334 g/mol. The van der Waals surface area contributed by atoms with Crippen LogP contribution in [0.3, 0.4) is 0 Å². The van der Waals surface area contributed by atoms with Gasteiger partial charge in [0.15, 0.2) is 0 Å². The summed E-state index contributed by atoms with van der Waals surface area (Å²) in [7, 11) is 0. The highest BCUT2D eigenvalue weighted by Crippen LogP contribution is 2.35. The molecule has 1 aromatic heterocycles. The van der Waals surface area contributed by atoms with Crippen molar-refractivity contribution in [2.45, 2.75) is 18.6 Å². The summed E-state index contributed by atoms with van der Waals surface area (Å²) in [6, 6.07) is 22.0. The Morgan fingerprint density at radius 3 is 2.50 bits per heavy atom. The molecule has 0 saturated carbocycles. The van der Waals surface area contributed by atoms with E-state index >= 15 is 0 Å². The molecule has 3 nitrogen and oxygen atoms in total. The number of phenolic OH excluding ortho intramolecular Hbond substituents is 1. The second-order valence-electron chi connectivity index (χ2n) is 5.84. The summed E-state index contributed by atoms with van der Waals surface area (Å²) in [5.74, 6) is 0.328. The van der Waals surface area contributed by atoms with Crippen molar-refractivity contribution < 1.29 is 5.11 Å². The van der Waals surface area contributed by atoms with E-state index in [1.165, 1.54) is 4.88 Å². The molecule has 4 rings (SSSR count). The van der Waals surface area contributed by atoms with Crippen LogP contribution < -0.4 is 5.32 Å². The molecule has 0 amide bonds. The van der Waals surface area contributed by atoms with Gasteiger partial charge in [0.05, 0.1) is 0 Å². The van der Waals surface area contributed by atoms with Crippen LogP contribution in [0.2, 0.25) is 0 Å². The number of hydrogen-bond acceptors (Lipinski definition) is 4. The molecule has 0 fully saturated rings. The number of aliphatic imine (C=N–C) groups is 1. The predicted molar refractivity (Wildman–Crippen MR) is 98.6 cm³/mol. The maximum absolute atomic E-state index is 10.3. The minimum Gasteiger partial charge on any atom is -0.508 e. The number of hydrogen-bond donors (Lipinski definition) is 2. The molecular weight excluding hydrogens is 316 g/mol. The summed E-state index contributed by atoms with van der Waals surface area (Å²) in [4.78, 5) is 6.12. The molecule has 2 atom stereocenters. The third-order valence-electron chi connectivity index (χ3n) is 4.27. The zero-order chi connectivity index (χ0) is 16.4. The number of benzene rings is 2. The van der Waals surface area contributed by atoms with Gasteiger partial charge in [-0.2, -0.15) is 0 Å². The van der Waals surface area contributed by atoms with E-state index in [-0.39, 0.29) is 12.2 Å². The van der Waals surface area contributed by atoms with E-state index in [9.17, 15) is 5.11 Å². The molecule has 0 unspecified atom stereocenters. The SMILES string of the molecule is Oc1ccccc1[C@@H]1CC(c2ccccc2)=N[C@H](c2cccs2)N1. The van der Waals surface area contributed by atoms with Gasteiger partial charge in [-0.15, -0.1) is 11.3 Å². The highest BCUT2D eigenvalue weighted by molar-refractivity contribution is 7.10. The minimum absolute atomic E-state index is 0.0333. The molecule has 120 valence electrons. The first-order valence-electron chi connectivity index (χ1n) is 8.01. The van der Waals surface area contributed by atoms with E-state index in [0.717, 1.165) is 23.3 Å². The largest absolute Gasteiger partial charge is 0.508 e. The number of para-hydroxylation sites is 1. The van der Waals surface area contributed by atoms with Crippen molar-refractivity contribution in [3.63, 3.8) is 0 Å². The van der Waals surface area contributed by atoms with Gasteiger partial charge < -0.3 is 5.11 Å². The van der Waals surface area contributed by atoms with E-state index < -0.39 is 0 Å². The second-order valence-corrected chi connectivity index (χ2v) is 6.82. The Bertz CT molecular complexity index is 843. The van der Waals surface area contributed by atoms with Crippen molar-refractivity contribution in [1.82, 2.24) is 5.32 Å². The molecule has 3 aromatic rings. The van der Waals surface area contributed by atoms with E-state index in [1.807, 2.05) is 42.5 Å². The van der Waals surface area contributed by atoms with E-state index in [4.69, 9.17) is 4.99 Å². The molecule has 0 radical (unpaired) electrons. The maximum atomic E-state index is 10.3. The Hall–Kier alpha value is -2.43. The first kappa shape index (κ1) is 15.1. The Labute approximate surface area is 145 Å². The van der Waals surface area contributed by atoms with Crippen LogP contribution in [0.5, 0.6) is 5.75 Å². The third-order valence-corrected chi connectivity index (χ3v) is 5.20. The molecule has 2 heterocycles. The van der Waals surface area contributed by atoms with Crippen LogP contribution in [0.25, 0.3) is 0 Å². The van der Waals surface area contributed by atoms with E-state index in [1.54, 1.807) is 17.4 Å². The molecule has 1 aliphatic heterocycles. The molecule has 2 aromatic carbocycles. The highest BCUT2D eigenvalue weighted by Gasteiger charge is 2.27. The van der Waals surface area contributed by atoms with Crippen molar-refractivity contribution in [1.29, 1.82) is 0 Å². The molecule has 0 spiro atoms. The van der Waals surface area contributed by atoms with Crippen LogP contribution in [-0.2, 0) is 0 Å². The van der Waals surface area contributed by atoms with Crippen LogP contribution in [0.1, 0.15) is 34.6 Å². The summed E-state index contributed by atoms with van der Waals surface area (Å²) >= 11 is 1.70. The normalized spacial score (nSPS) is 20.6. The van der Waals surface area contributed by atoms with Gasteiger partial charge in [-0.1, -0.05) is 54.6 Å². The van der Waals surface area contributed by atoms with Gasteiger partial charge in [0, 0.05) is 28.6 Å². The average Bonchev–Trinajstić information content (AvgIpc) is 3.17. The van der Waals surface area contributed by atoms with Crippen LogP contribution in [0.4, 0.5) is 0 Å². The lowest BCUT2D eigenvalue weighted by atomic mass is 9.94. The summed E-state index contributed by atoms with van der Waals surface area (Å²) in [6.45, 7) is 0. The Kier molecular flexibility index (Phi) is 4.15. The fourth-order valence-corrected chi connectivity index (χ4v) is 3.81. The van der Waals surface area contributed by atoms with Crippen molar-refractivity contribution in [3.05, 3.63) is 88.1 Å². The molecule has 1 aliphatic rings. The summed E-state index contributed by atoms with van der Waals surface area (Å²) in [5, 5.41) is 15.9. The van der Waals surface area contributed by atoms with E-state index in [2.05, 4.69) is 28.9 Å². The van der Waals surface area contributed by atoms with Gasteiger partial charge in [-0.25, -0.2) is 0 Å². The lowest BCUT2D eigenvalue weighted by Gasteiger charge is -2.30. The molecule has 0 bridgehead atoms. The second kappa shape index (κ2) is 6.59. The number of nitrogens with one attached hydrogen (secondary N) is 1. The number of rotatable bonds is 3. The lowest BCUT2D eigenvalue weighted by molar-refractivity contribution is 0.415.